The second-order valence-electron chi connectivity index (χ2n) is 6.77. The second-order valence-corrected chi connectivity index (χ2v) is 6.77. The van der Waals surface area contributed by atoms with Crippen LogP contribution in [0.5, 0.6) is 0 Å². The molecule has 1 aromatic carbocycles. The molecule has 4 aromatic rings. The van der Waals surface area contributed by atoms with Crippen molar-refractivity contribution in [3.8, 4) is 11.4 Å². The highest BCUT2D eigenvalue weighted by Gasteiger charge is 2.12. The van der Waals surface area contributed by atoms with Crippen molar-refractivity contribution in [2.24, 2.45) is 7.05 Å². The van der Waals surface area contributed by atoms with E-state index in [2.05, 4.69) is 45.0 Å². The van der Waals surface area contributed by atoms with Crippen LogP contribution in [0.1, 0.15) is 22.6 Å². The molecule has 0 aliphatic carbocycles. The smallest absolute Gasteiger partial charge is 0.161 e. The van der Waals surface area contributed by atoms with Crippen LogP contribution in [-0.4, -0.2) is 24.5 Å². The first-order valence-corrected chi connectivity index (χ1v) is 8.94. The van der Waals surface area contributed by atoms with Gasteiger partial charge in [0.2, 0.25) is 0 Å². The van der Waals surface area contributed by atoms with E-state index >= 15 is 0 Å². The predicted octanol–water partition coefficient (Wildman–Crippen LogP) is 3.96. The lowest BCUT2D eigenvalue weighted by atomic mass is 10.2. The van der Waals surface area contributed by atoms with Crippen molar-refractivity contribution in [1.82, 2.24) is 24.5 Å². The number of anilines is 1. The number of aryl methyl sites for hydroxylation is 3. The molecule has 0 aliphatic heterocycles. The topological polar surface area (TPSA) is 68.5 Å². The summed E-state index contributed by atoms with van der Waals surface area (Å²) in [4.78, 5) is 18.2. The van der Waals surface area contributed by atoms with Gasteiger partial charge in [0.15, 0.2) is 5.82 Å². The molecule has 0 fully saturated rings. The monoisotopic (exact) mass is 358 g/mol. The summed E-state index contributed by atoms with van der Waals surface area (Å²) >= 11 is 0. The molecule has 0 radical (unpaired) electrons. The van der Waals surface area contributed by atoms with E-state index in [0.29, 0.717) is 12.4 Å². The van der Waals surface area contributed by atoms with E-state index in [9.17, 15) is 0 Å². The van der Waals surface area contributed by atoms with Crippen LogP contribution in [-0.2, 0) is 13.6 Å². The third kappa shape index (κ3) is 3.26. The first kappa shape index (κ1) is 17.1. The number of nitrogens with one attached hydrogen (secondary N) is 1. The summed E-state index contributed by atoms with van der Waals surface area (Å²) in [7, 11) is 2.04. The molecule has 0 saturated carbocycles. The number of hydrogen-bond acceptors (Lipinski definition) is 5. The van der Waals surface area contributed by atoms with Gasteiger partial charge in [0.05, 0.1) is 17.6 Å². The van der Waals surface area contributed by atoms with E-state index in [1.54, 1.807) is 12.4 Å². The molecule has 0 unspecified atom stereocenters. The van der Waals surface area contributed by atoms with Gasteiger partial charge in [-0.05, 0) is 50.6 Å². The molecular weight excluding hydrogens is 336 g/mol. The Balaban J connectivity index is 1.65. The van der Waals surface area contributed by atoms with Crippen LogP contribution in [0.15, 0.2) is 42.7 Å². The molecule has 0 bridgehead atoms. The summed E-state index contributed by atoms with van der Waals surface area (Å²) in [5.74, 6) is 2.50. The second kappa shape index (κ2) is 6.79. The van der Waals surface area contributed by atoms with Crippen molar-refractivity contribution in [2.45, 2.75) is 27.3 Å². The van der Waals surface area contributed by atoms with Crippen LogP contribution in [0.3, 0.4) is 0 Å². The fourth-order valence-electron chi connectivity index (χ4n) is 3.11. The highest BCUT2D eigenvalue weighted by Crippen LogP contribution is 2.22. The van der Waals surface area contributed by atoms with Crippen molar-refractivity contribution in [2.75, 3.05) is 5.32 Å². The number of rotatable bonds is 4. The Hall–Kier alpha value is -3.28. The molecular formula is C21H22N6. The van der Waals surface area contributed by atoms with E-state index in [-0.39, 0.29) is 0 Å². The van der Waals surface area contributed by atoms with Gasteiger partial charge >= 0.3 is 0 Å². The van der Waals surface area contributed by atoms with Crippen LogP contribution >= 0.6 is 0 Å². The van der Waals surface area contributed by atoms with Crippen molar-refractivity contribution >= 4 is 16.9 Å². The maximum absolute atomic E-state index is 4.77. The molecule has 0 saturated heterocycles. The average molecular weight is 358 g/mol. The lowest BCUT2D eigenvalue weighted by Gasteiger charge is -2.12. The Morgan fingerprint density at radius 3 is 2.52 bits per heavy atom. The van der Waals surface area contributed by atoms with Crippen LogP contribution in [0.25, 0.3) is 22.4 Å². The lowest BCUT2D eigenvalue weighted by molar-refractivity contribution is 0.830. The quantitative estimate of drug-likeness (QED) is 0.598. The van der Waals surface area contributed by atoms with Crippen molar-refractivity contribution < 1.29 is 0 Å². The SMILES string of the molecule is Cc1ccc2c(c1)nc(CNc1nc(-c3ccncc3)nc(C)c1C)n2C. The van der Waals surface area contributed by atoms with E-state index in [1.807, 2.05) is 33.0 Å². The molecule has 3 aromatic heterocycles. The fraction of sp³-hybridized carbons (Fsp3) is 0.238. The van der Waals surface area contributed by atoms with Crippen molar-refractivity contribution in [3.05, 3.63) is 65.4 Å². The number of benzene rings is 1. The third-order valence-corrected chi connectivity index (χ3v) is 4.87. The number of nitrogens with zero attached hydrogens (tertiary/aromatic N) is 5. The summed E-state index contributed by atoms with van der Waals surface area (Å²) < 4.78 is 2.12. The zero-order chi connectivity index (χ0) is 19.0. The molecule has 0 spiro atoms. The lowest BCUT2D eigenvalue weighted by Crippen LogP contribution is -2.10. The zero-order valence-corrected chi connectivity index (χ0v) is 16.0. The molecule has 0 atom stereocenters. The first-order chi connectivity index (χ1) is 13.0. The number of fused-ring (bicyclic) bond motifs is 1. The van der Waals surface area contributed by atoms with Crippen LogP contribution in [0.2, 0.25) is 0 Å². The molecule has 136 valence electrons. The summed E-state index contributed by atoms with van der Waals surface area (Å²) in [6, 6.07) is 10.2. The Kier molecular flexibility index (Phi) is 4.32. The van der Waals surface area contributed by atoms with E-state index in [4.69, 9.17) is 9.97 Å². The Labute approximate surface area is 158 Å². The van der Waals surface area contributed by atoms with E-state index in [1.165, 1.54) is 5.56 Å². The Morgan fingerprint density at radius 2 is 1.74 bits per heavy atom. The largest absolute Gasteiger partial charge is 0.362 e. The molecule has 3 heterocycles. The highest BCUT2D eigenvalue weighted by atomic mass is 15.1. The van der Waals surface area contributed by atoms with E-state index in [0.717, 1.165) is 39.5 Å². The minimum atomic E-state index is 0.595. The summed E-state index contributed by atoms with van der Waals surface area (Å²) in [5, 5.41) is 3.45. The zero-order valence-electron chi connectivity index (χ0n) is 16.0. The Bertz CT molecular complexity index is 1110. The van der Waals surface area contributed by atoms with Gasteiger partial charge in [-0.15, -0.1) is 0 Å². The summed E-state index contributed by atoms with van der Waals surface area (Å²) in [6.45, 7) is 6.72. The van der Waals surface area contributed by atoms with Crippen LogP contribution in [0.4, 0.5) is 5.82 Å². The van der Waals surface area contributed by atoms with Gasteiger partial charge in [-0.2, -0.15) is 0 Å². The number of pyridine rings is 1. The minimum absolute atomic E-state index is 0.595. The number of imidazole rings is 1. The average Bonchev–Trinajstić information content (AvgIpc) is 2.98. The highest BCUT2D eigenvalue weighted by molar-refractivity contribution is 5.76. The van der Waals surface area contributed by atoms with E-state index < -0.39 is 0 Å². The predicted molar refractivity (Wildman–Crippen MR) is 108 cm³/mol. The molecule has 0 amide bonds. The summed E-state index contributed by atoms with van der Waals surface area (Å²) in [5.41, 5.74) is 6.31. The number of aromatic nitrogens is 5. The molecule has 0 aliphatic rings. The maximum Gasteiger partial charge on any atom is 0.161 e. The summed E-state index contributed by atoms with van der Waals surface area (Å²) in [6.07, 6.45) is 3.50. The standard InChI is InChI=1S/C21H22N6/c1-13-5-6-18-17(11-13)25-19(27(18)4)12-23-20-14(2)15(3)24-21(26-20)16-7-9-22-10-8-16/h5-11H,12H2,1-4H3,(H,23,24,26). The Morgan fingerprint density at radius 1 is 0.963 bits per heavy atom. The minimum Gasteiger partial charge on any atom is -0.362 e. The normalized spacial score (nSPS) is 11.1. The van der Waals surface area contributed by atoms with Gasteiger partial charge in [0.1, 0.15) is 11.6 Å². The van der Waals surface area contributed by atoms with Crippen molar-refractivity contribution in [3.63, 3.8) is 0 Å². The number of hydrogen-bond donors (Lipinski definition) is 1. The molecule has 6 heteroatoms. The third-order valence-electron chi connectivity index (χ3n) is 4.87. The van der Waals surface area contributed by atoms with Gasteiger partial charge in [0.25, 0.3) is 0 Å². The first-order valence-electron chi connectivity index (χ1n) is 8.94. The van der Waals surface area contributed by atoms with Crippen LogP contribution in [0, 0.1) is 20.8 Å². The van der Waals surface area contributed by atoms with Gasteiger partial charge in [-0.25, -0.2) is 15.0 Å². The van der Waals surface area contributed by atoms with Gasteiger partial charge < -0.3 is 9.88 Å². The molecule has 1 N–H and O–H groups in total. The fourth-order valence-corrected chi connectivity index (χ4v) is 3.11. The van der Waals surface area contributed by atoms with Gasteiger partial charge in [-0.1, -0.05) is 6.07 Å². The molecule has 6 nitrogen and oxygen atoms in total. The maximum atomic E-state index is 4.77. The van der Waals surface area contributed by atoms with Gasteiger partial charge in [-0.3, -0.25) is 4.98 Å². The van der Waals surface area contributed by atoms with Crippen molar-refractivity contribution in [1.29, 1.82) is 0 Å². The molecule has 4 rings (SSSR count). The van der Waals surface area contributed by atoms with Crippen LogP contribution < -0.4 is 5.32 Å². The molecule has 27 heavy (non-hydrogen) atoms. The van der Waals surface area contributed by atoms with Gasteiger partial charge in [0, 0.05) is 36.3 Å².